The van der Waals surface area contributed by atoms with E-state index in [0.29, 0.717) is 0 Å². The van der Waals surface area contributed by atoms with E-state index in [1.807, 2.05) is 0 Å². The molecular formula is C11H12ClF3N2O2. The van der Waals surface area contributed by atoms with Crippen LogP contribution in [0, 0.1) is 0 Å². The Kier molecular flexibility index (Phi) is 5.02. The number of halogens is 4. The van der Waals surface area contributed by atoms with Crippen LogP contribution < -0.4 is 5.32 Å². The average Bonchev–Trinajstić information content (AvgIpc) is 2.30. The Bertz CT molecular complexity index is 466. The topological polar surface area (TPSA) is 52.6 Å². The Morgan fingerprint density at radius 2 is 2.11 bits per heavy atom. The minimum absolute atomic E-state index is 0.0736. The fraction of sp³-hybridized carbons (Fsp3) is 0.364. The second kappa shape index (κ2) is 6.12. The van der Waals surface area contributed by atoms with Gasteiger partial charge in [-0.1, -0.05) is 11.6 Å². The van der Waals surface area contributed by atoms with Crippen molar-refractivity contribution in [2.75, 3.05) is 25.5 Å². The van der Waals surface area contributed by atoms with Gasteiger partial charge in [0.1, 0.15) is 0 Å². The third-order valence-corrected chi connectivity index (χ3v) is 2.63. The molecule has 0 aliphatic heterocycles. The van der Waals surface area contributed by atoms with E-state index in [2.05, 4.69) is 5.32 Å². The fourth-order valence-corrected chi connectivity index (χ4v) is 1.48. The van der Waals surface area contributed by atoms with Crippen molar-refractivity contribution in [2.24, 2.45) is 0 Å². The molecular weight excluding hydrogens is 285 g/mol. The van der Waals surface area contributed by atoms with Crippen molar-refractivity contribution >= 4 is 23.3 Å². The lowest BCUT2D eigenvalue weighted by Crippen LogP contribution is -2.33. The lowest BCUT2D eigenvalue weighted by atomic mass is 10.2. The maximum absolute atomic E-state index is 12.4. The lowest BCUT2D eigenvalue weighted by molar-refractivity contribution is -0.137. The van der Waals surface area contributed by atoms with Crippen molar-refractivity contribution in [3.63, 3.8) is 0 Å². The molecule has 0 radical (unpaired) electrons. The number of carbonyl (C=O) groups excluding carboxylic acids is 1. The van der Waals surface area contributed by atoms with Gasteiger partial charge in [-0.3, -0.25) is 0 Å². The highest BCUT2D eigenvalue weighted by atomic mass is 35.5. The maximum atomic E-state index is 12.4. The van der Waals surface area contributed by atoms with Gasteiger partial charge < -0.3 is 15.3 Å². The van der Waals surface area contributed by atoms with E-state index in [1.54, 1.807) is 0 Å². The van der Waals surface area contributed by atoms with Crippen LogP contribution in [0.3, 0.4) is 0 Å². The van der Waals surface area contributed by atoms with E-state index >= 15 is 0 Å². The number of carbonyl (C=O) groups is 1. The van der Waals surface area contributed by atoms with Gasteiger partial charge in [0.15, 0.2) is 0 Å². The lowest BCUT2D eigenvalue weighted by Gasteiger charge is -2.17. The molecule has 0 aromatic heterocycles. The fourth-order valence-electron chi connectivity index (χ4n) is 1.25. The number of amides is 2. The summed E-state index contributed by atoms with van der Waals surface area (Å²) in [7, 11) is 1.43. The van der Waals surface area contributed by atoms with Crippen molar-refractivity contribution in [3.8, 4) is 0 Å². The number of anilines is 1. The quantitative estimate of drug-likeness (QED) is 0.901. The average molecular weight is 297 g/mol. The normalized spacial score (nSPS) is 11.3. The standard InChI is InChI=1S/C11H12ClF3N2O2/c1-17(4-5-18)10(19)16-9-3-2-7(6-8(9)12)11(13,14)15/h2-3,6,18H,4-5H2,1H3,(H,16,19). The van der Waals surface area contributed by atoms with Crippen molar-refractivity contribution in [1.82, 2.24) is 4.90 Å². The molecule has 0 aliphatic rings. The van der Waals surface area contributed by atoms with Crippen LogP contribution in [0.1, 0.15) is 5.56 Å². The van der Waals surface area contributed by atoms with Gasteiger partial charge >= 0.3 is 12.2 Å². The number of hydrogen-bond donors (Lipinski definition) is 2. The Labute approximate surface area is 112 Å². The van der Waals surface area contributed by atoms with Gasteiger partial charge in [-0.05, 0) is 18.2 Å². The number of aliphatic hydroxyl groups excluding tert-OH is 1. The number of nitrogens with zero attached hydrogens (tertiary/aromatic N) is 1. The van der Waals surface area contributed by atoms with Crippen LogP contribution in [0.2, 0.25) is 5.02 Å². The van der Waals surface area contributed by atoms with Crippen LogP contribution in [0.25, 0.3) is 0 Å². The number of rotatable bonds is 3. The predicted octanol–water partition coefficient (Wildman–Crippen LogP) is 2.81. The van der Waals surface area contributed by atoms with E-state index in [1.165, 1.54) is 11.9 Å². The van der Waals surface area contributed by atoms with Crippen LogP contribution in [0.5, 0.6) is 0 Å². The highest BCUT2D eigenvalue weighted by molar-refractivity contribution is 6.33. The van der Waals surface area contributed by atoms with Crippen LogP contribution in [0.15, 0.2) is 18.2 Å². The van der Waals surface area contributed by atoms with Crippen LogP contribution in [-0.4, -0.2) is 36.2 Å². The summed E-state index contributed by atoms with van der Waals surface area (Å²) in [5, 5.41) is 10.8. The molecule has 1 rings (SSSR count). The van der Waals surface area contributed by atoms with Gasteiger partial charge in [0.25, 0.3) is 0 Å². The monoisotopic (exact) mass is 296 g/mol. The molecule has 0 spiro atoms. The number of hydrogen-bond acceptors (Lipinski definition) is 2. The SMILES string of the molecule is CN(CCO)C(=O)Nc1ccc(C(F)(F)F)cc1Cl. The van der Waals surface area contributed by atoms with Gasteiger partial charge in [0.05, 0.1) is 22.9 Å². The van der Waals surface area contributed by atoms with Crippen molar-refractivity contribution in [1.29, 1.82) is 0 Å². The third-order valence-electron chi connectivity index (χ3n) is 2.32. The number of nitrogens with one attached hydrogen (secondary N) is 1. The number of aliphatic hydroxyl groups is 1. The molecule has 1 aromatic rings. The smallest absolute Gasteiger partial charge is 0.395 e. The summed E-state index contributed by atoms with van der Waals surface area (Å²) in [5.74, 6) is 0. The molecule has 0 heterocycles. The summed E-state index contributed by atoms with van der Waals surface area (Å²) in [4.78, 5) is 12.7. The first kappa shape index (κ1) is 15.6. The van der Waals surface area contributed by atoms with Gasteiger partial charge in [0, 0.05) is 13.6 Å². The number of alkyl halides is 3. The van der Waals surface area contributed by atoms with Crippen molar-refractivity contribution in [2.45, 2.75) is 6.18 Å². The number of urea groups is 1. The zero-order valence-corrected chi connectivity index (χ0v) is 10.7. The molecule has 1 aromatic carbocycles. The highest BCUT2D eigenvalue weighted by Gasteiger charge is 2.31. The van der Waals surface area contributed by atoms with Crippen LogP contribution in [0.4, 0.5) is 23.7 Å². The molecule has 8 heteroatoms. The highest BCUT2D eigenvalue weighted by Crippen LogP contribution is 2.33. The van der Waals surface area contributed by atoms with Crippen LogP contribution in [-0.2, 0) is 6.18 Å². The molecule has 2 N–H and O–H groups in total. The van der Waals surface area contributed by atoms with Gasteiger partial charge in [0.2, 0.25) is 0 Å². The summed E-state index contributed by atoms with van der Waals surface area (Å²) in [5.41, 5.74) is -0.816. The predicted molar refractivity (Wildman–Crippen MR) is 65.2 cm³/mol. The summed E-state index contributed by atoms with van der Waals surface area (Å²) in [6, 6.07) is 2.07. The Morgan fingerprint density at radius 3 is 2.58 bits per heavy atom. The van der Waals surface area contributed by atoms with Crippen LogP contribution >= 0.6 is 11.6 Å². The summed E-state index contributed by atoms with van der Waals surface area (Å²) in [6.45, 7) is -0.116. The second-order valence-corrected chi connectivity index (χ2v) is 4.17. The maximum Gasteiger partial charge on any atom is 0.416 e. The van der Waals surface area contributed by atoms with E-state index in [4.69, 9.17) is 16.7 Å². The molecule has 2 amide bonds. The molecule has 0 saturated carbocycles. The van der Waals surface area contributed by atoms with E-state index < -0.39 is 17.8 Å². The molecule has 4 nitrogen and oxygen atoms in total. The minimum atomic E-state index is -4.49. The molecule has 0 aliphatic carbocycles. The first-order valence-electron chi connectivity index (χ1n) is 5.25. The third kappa shape index (κ3) is 4.29. The van der Waals surface area contributed by atoms with E-state index in [-0.39, 0.29) is 23.9 Å². The summed E-state index contributed by atoms with van der Waals surface area (Å²) < 4.78 is 37.2. The second-order valence-electron chi connectivity index (χ2n) is 3.77. The molecule has 0 unspecified atom stereocenters. The molecule has 0 fully saturated rings. The van der Waals surface area contributed by atoms with Crippen molar-refractivity contribution < 1.29 is 23.1 Å². The Morgan fingerprint density at radius 1 is 1.47 bits per heavy atom. The largest absolute Gasteiger partial charge is 0.416 e. The molecule has 0 saturated heterocycles. The molecule has 19 heavy (non-hydrogen) atoms. The first-order chi connectivity index (χ1) is 8.75. The van der Waals surface area contributed by atoms with Gasteiger partial charge in [-0.2, -0.15) is 13.2 Å². The Balaban J connectivity index is 2.84. The summed E-state index contributed by atoms with van der Waals surface area (Å²) in [6.07, 6.45) is -4.49. The summed E-state index contributed by atoms with van der Waals surface area (Å²) >= 11 is 5.68. The molecule has 0 atom stereocenters. The van der Waals surface area contributed by atoms with Gasteiger partial charge in [-0.15, -0.1) is 0 Å². The number of likely N-dealkylation sites (N-methyl/N-ethyl adjacent to an activating group) is 1. The number of benzene rings is 1. The van der Waals surface area contributed by atoms with Gasteiger partial charge in [-0.25, -0.2) is 4.79 Å². The molecule has 0 bridgehead atoms. The first-order valence-corrected chi connectivity index (χ1v) is 5.63. The van der Waals surface area contributed by atoms with E-state index in [0.717, 1.165) is 18.2 Å². The van der Waals surface area contributed by atoms with E-state index in [9.17, 15) is 18.0 Å². The van der Waals surface area contributed by atoms with Crippen molar-refractivity contribution in [3.05, 3.63) is 28.8 Å². The minimum Gasteiger partial charge on any atom is -0.395 e. The zero-order valence-electron chi connectivity index (χ0n) is 9.96. The Hall–Kier alpha value is -1.47. The zero-order chi connectivity index (χ0) is 14.6. The molecule has 106 valence electrons.